The summed E-state index contributed by atoms with van der Waals surface area (Å²) in [5, 5.41) is 10.6. The fraction of sp³-hybridized carbons (Fsp3) is 0.333. The van der Waals surface area contributed by atoms with Crippen LogP contribution in [-0.2, 0) is 26.3 Å². The number of fused-ring (bicyclic) bond motifs is 1. The summed E-state index contributed by atoms with van der Waals surface area (Å²) in [5.74, 6) is -1.31. The van der Waals surface area contributed by atoms with Crippen LogP contribution in [0.5, 0.6) is 0 Å². The molecular weight excluding hydrogens is 457 g/mol. The standard InChI is InChI=1S/C30H32FNO4/c1-30(2)16-7-17-32-28(21-8-5-4-6-9-21)27(20-10-12-22(31)13-11-20)25(29(30)32)15-14-23(33)18-24(34)19-26(35)36-3/h4-6,8-15,23,33H,7,16-19H2,1-3H3/b15-14+. The van der Waals surface area contributed by atoms with Gasteiger partial charge in [0.15, 0.2) is 0 Å². The number of hydrogen-bond donors (Lipinski definition) is 1. The monoisotopic (exact) mass is 489 g/mol. The molecule has 4 rings (SSSR count). The molecule has 3 aromatic rings. The topological polar surface area (TPSA) is 68.5 Å². The summed E-state index contributed by atoms with van der Waals surface area (Å²) >= 11 is 0. The maximum atomic E-state index is 13.9. The highest BCUT2D eigenvalue weighted by atomic mass is 19.1. The van der Waals surface area contributed by atoms with E-state index >= 15 is 0 Å². The second-order valence-electron chi connectivity index (χ2n) is 9.92. The molecule has 0 saturated heterocycles. The first-order valence-electron chi connectivity index (χ1n) is 12.2. The second kappa shape index (κ2) is 10.6. The number of Topliss-reactive ketones (excluding diaryl/α,β-unsaturated/α-hetero) is 1. The molecule has 1 aliphatic rings. The average molecular weight is 490 g/mol. The second-order valence-corrected chi connectivity index (χ2v) is 9.92. The summed E-state index contributed by atoms with van der Waals surface area (Å²) in [6.45, 7) is 5.29. The van der Waals surface area contributed by atoms with E-state index in [0.29, 0.717) is 0 Å². The van der Waals surface area contributed by atoms with Crippen LogP contribution in [0.2, 0.25) is 0 Å². The highest BCUT2D eigenvalue weighted by Gasteiger charge is 2.35. The summed E-state index contributed by atoms with van der Waals surface area (Å²) in [7, 11) is 1.23. The molecule has 2 aromatic carbocycles. The number of rotatable bonds is 8. The van der Waals surface area contributed by atoms with E-state index < -0.39 is 12.1 Å². The third-order valence-electron chi connectivity index (χ3n) is 6.80. The quantitative estimate of drug-likeness (QED) is 0.315. The van der Waals surface area contributed by atoms with E-state index in [-0.39, 0.29) is 29.9 Å². The predicted octanol–water partition coefficient (Wildman–Crippen LogP) is 5.93. The normalized spacial score (nSPS) is 15.5. The van der Waals surface area contributed by atoms with Gasteiger partial charge in [-0.2, -0.15) is 0 Å². The fourth-order valence-electron chi connectivity index (χ4n) is 5.17. The van der Waals surface area contributed by atoms with Crippen LogP contribution in [0.15, 0.2) is 60.7 Å². The molecule has 0 fully saturated rings. The van der Waals surface area contributed by atoms with E-state index in [4.69, 9.17) is 0 Å². The number of halogens is 1. The van der Waals surface area contributed by atoms with Crippen molar-refractivity contribution in [1.82, 2.24) is 4.57 Å². The highest BCUT2D eigenvalue weighted by molar-refractivity contribution is 5.96. The van der Waals surface area contributed by atoms with Gasteiger partial charge in [0.1, 0.15) is 18.0 Å². The van der Waals surface area contributed by atoms with Gasteiger partial charge in [-0.3, -0.25) is 9.59 Å². The summed E-state index contributed by atoms with van der Waals surface area (Å²) < 4.78 is 20.7. The molecule has 2 heterocycles. The zero-order valence-corrected chi connectivity index (χ0v) is 21.0. The van der Waals surface area contributed by atoms with E-state index in [9.17, 15) is 19.1 Å². The van der Waals surface area contributed by atoms with E-state index in [2.05, 4.69) is 35.3 Å². The molecule has 0 saturated carbocycles. The molecule has 1 aromatic heterocycles. The molecule has 36 heavy (non-hydrogen) atoms. The molecule has 0 bridgehead atoms. The van der Waals surface area contributed by atoms with Crippen molar-refractivity contribution in [3.8, 4) is 22.4 Å². The van der Waals surface area contributed by atoms with Crippen LogP contribution >= 0.6 is 0 Å². The van der Waals surface area contributed by atoms with E-state index in [1.54, 1.807) is 18.2 Å². The molecule has 1 unspecified atom stereocenters. The molecule has 5 nitrogen and oxygen atoms in total. The number of ketones is 1. The fourth-order valence-corrected chi connectivity index (χ4v) is 5.17. The lowest BCUT2D eigenvalue weighted by Gasteiger charge is -2.33. The Bertz CT molecular complexity index is 1270. The van der Waals surface area contributed by atoms with E-state index in [1.165, 1.54) is 19.2 Å². The van der Waals surface area contributed by atoms with Gasteiger partial charge in [-0.25, -0.2) is 4.39 Å². The number of carbonyl (C=O) groups excluding carboxylic acids is 2. The van der Waals surface area contributed by atoms with Crippen molar-refractivity contribution in [2.75, 3.05) is 7.11 Å². The van der Waals surface area contributed by atoms with Crippen molar-refractivity contribution in [3.05, 3.63) is 77.7 Å². The van der Waals surface area contributed by atoms with Crippen LogP contribution in [0, 0.1) is 5.82 Å². The minimum absolute atomic E-state index is 0.134. The van der Waals surface area contributed by atoms with E-state index in [0.717, 1.165) is 53.0 Å². The Balaban J connectivity index is 1.86. The van der Waals surface area contributed by atoms with Crippen molar-refractivity contribution in [1.29, 1.82) is 0 Å². The van der Waals surface area contributed by atoms with Gasteiger partial charge in [-0.15, -0.1) is 0 Å². The lowest BCUT2D eigenvalue weighted by Crippen LogP contribution is -2.28. The summed E-state index contributed by atoms with van der Waals surface area (Å²) in [6, 6.07) is 16.6. The van der Waals surface area contributed by atoms with Crippen molar-refractivity contribution in [3.63, 3.8) is 0 Å². The van der Waals surface area contributed by atoms with Gasteiger partial charge in [0.05, 0.1) is 18.9 Å². The first-order valence-corrected chi connectivity index (χ1v) is 12.2. The first kappa shape index (κ1) is 25.6. The van der Waals surface area contributed by atoms with Gasteiger partial charge in [0, 0.05) is 35.2 Å². The lowest BCUT2D eigenvalue weighted by atomic mass is 9.79. The molecule has 188 valence electrons. The number of methoxy groups -OCH3 is 1. The molecule has 0 radical (unpaired) electrons. The average Bonchev–Trinajstić information content (AvgIpc) is 3.19. The predicted molar refractivity (Wildman–Crippen MR) is 139 cm³/mol. The largest absolute Gasteiger partial charge is 0.469 e. The molecule has 0 spiro atoms. The minimum Gasteiger partial charge on any atom is -0.469 e. The van der Waals surface area contributed by atoms with Gasteiger partial charge in [0.25, 0.3) is 0 Å². The Morgan fingerprint density at radius 2 is 1.81 bits per heavy atom. The van der Waals surface area contributed by atoms with Gasteiger partial charge < -0.3 is 14.4 Å². The van der Waals surface area contributed by atoms with Crippen molar-refractivity contribution in [2.45, 2.75) is 57.6 Å². The lowest BCUT2D eigenvalue weighted by molar-refractivity contribution is -0.143. The van der Waals surface area contributed by atoms with Crippen LogP contribution in [0.25, 0.3) is 28.5 Å². The Kier molecular flexibility index (Phi) is 7.55. The van der Waals surface area contributed by atoms with E-state index in [1.807, 2.05) is 24.3 Å². The van der Waals surface area contributed by atoms with Crippen molar-refractivity contribution < 1.29 is 23.8 Å². The maximum Gasteiger partial charge on any atom is 0.313 e. The number of benzene rings is 2. The van der Waals surface area contributed by atoms with Crippen LogP contribution in [-0.4, -0.2) is 34.6 Å². The zero-order chi connectivity index (χ0) is 25.9. The minimum atomic E-state index is -1.05. The third kappa shape index (κ3) is 5.34. The first-order chi connectivity index (χ1) is 17.2. The molecule has 6 heteroatoms. The molecule has 0 aliphatic carbocycles. The van der Waals surface area contributed by atoms with Crippen LogP contribution in [0.3, 0.4) is 0 Å². The number of aliphatic hydroxyl groups excluding tert-OH is 1. The van der Waals surface area contributed by atoms with Gasteiger partial charge in [0.2, 0.25) is 0 Å². The Hall–Kier alpha value is -3.51. The Morgan fingerprint density at radius 3 is 2.47 bits per heavy atom. The Morgan fingerprint density at radius 1 is 1.11 bits per heavy atom. The number of ether oxygens (including phenoxy) is 1. The van der Waals surface area contributed by atoms with Crippen LogP contribution in [0.1, 0.15) is 50.8 Å². The third-order valence-corrected chi connectivity index (χ3v) is 6.80. The van der Waals surface area contributed by atoms with Gasteiger partial charge in [-0.1, -0.05) is 68.5 Å². The molecule has 1 N–H and O–H groups in total. The summed E-state index contributed by atoms with van der Waals surface area (Å²) in [5.41, 5.74) is 5.93. The highest BCUT2D eigenvalue weighted by Crippen LogP contribution is 2.47. The number of nitrogens with zero attached hydrogens (tertiary/aromatic N) is 1. The number of aromatic nitrogens is 1. The summed E-state index contributed by atoms with van der Waals surface area (Å²) in [6.07, 6.45) is 3.93. The molecule has 1 aliphatic heterocycles. The Labute approximate surface area is 211 Å². The van der Waals surface area contributed by atoms with Gasteiger partial charge >= 0.3 is 5.97 Å². The SMILES string of the molecule is COC(=O)CC(=O)CC(O)/C=C/c1c(-c2ccc(F)cc2)c(-c2ccccc2)n2c1C(C)(C)CCC2. The molecule has 0 amide bonds. The number of carbonyl (C=O) groups is 2. The molecular formula is C30H32FNO4. The van der Waals surface area contributed by atoms with Crippen molar-refractivity contribution >= 4 is 17.8 Å². The number of hydrogen-bond acceptors (Lipinski definition) is 4. The maximum absolute atomic E-state index is 13.9. The van der Waals surface area contributed by atoms with Gasteiger partial charge in [-0.05, 0) is 36.1 Å². The number of esters is 1. The smallest absolute Gasteiger partial charge is 0.313 e. The molecule has 1 atom stereocenters. The van der Waals surface area contributed by atoms with Crippen LogP contribution in [0.4, 0.5) is 4.39 Å². The van der Waals surface area contributed by atoms with Crippen LogP contribution < -0.4 is 0 Å². The summed E-state index contributed by atoms with van der Waals surface area (Å²) in [4.78, 5) is 23.6. The number of aliphatic hydroxyl groups is 1. The van der Waals surface area contributed by atoms with Crippen molar-refractivity contribution in [2.24, 2.45) is 0 Å². The zero-order valence-electron chi connectivity index (χ0n) is 21.0.